The second-order valence-electron chi connectivity index (χ2n) is 7.08. The minimum atomic E-state index is -0.274. The van der Waals surface area contributed by atoms with Crippen molar-refractivity contribution < 1.29 is 14.4 Å². The zero-order chi connectivity index (χ0) is 19.9. The summed E-state index contributed by atoms with van der Waals surface area (Å²) in [5.41, 5.74) is 2.57. The van der Waals surface area contributed by atoms with Crippen molar-refractivity contribution in [2.75, 3.05) is 17.2 Å². The van der Waals surface area contributed by atoms with E-state index in [2.05, 4.69) is 28.1 Å². The second-order valence-corrected chi connectivity index (χ2v) is 7.08. The quantitative estimate of drug-likeness (QED) is 0.616. The van der Waals surface area contributed by atoms with E-state index in [-0.39, 0.29) is 29.6 Å². The third kappa shape index (κ3) is 5.67. The highest BCUT2D eigenvalue weighted by Crippen LogP contribution is 2.39. The van der Waals surface area contributed by atoms with Gasteiger partial charge in [-0.05, 0) is 49.1 Å². The normalized spacial score (nSPS) is 17.5. The van der Waals surface area contributed by atoms with Crippen LogP contribution < -0.4 is 16.0 Å². The molecule has 0 heterocycles. The molecule has 3 N–H and O–H groups in total. The summed E-state index contributed by atoms with van der Waals surface area (Å²) in [5.74, 6) is -0.849. The summed E-state index contributed by atoms with van der Waals surface area (Å²) < 4.78 is 0. The molecule has 0 radical (unpaired) electrons. The molecule has 0 aliphatic heterocycles. The molecule has 146 valence electrons. The number of hydrogen-bond donors (Lipinski definition) is 3. The first-order valence-electron chi connectivity index (χ1n) is 9.53. The first kappa shape index (κ1) is 19.6. The van der Waals surface area contributed by atoms with Crippen molar-refractivity contribution >= 4 is 29.1 Å². The largest absolute Gasteiger partial charge is 0.356 e. The Kier molecular flexibility index (Phi) is 6.42. The number of benzene rings is 2. The molecule has 3 amide bonds. The molecule has 1 aliphatic carbocycles. The van der Waals surface area contributed by atoms with E-state index in [1.165, 1.54) is 12.5 Å². The van der Waals surface area contributed by atoms with Crippen molar-refractivity contribution in [3.8, 4) is 0 Å². The van der Waals surface area contributed by atoms with Gasteiger partial charge in [-0.25, -0.2) is 0 Å². The van der Waals surface area contributed by atoms with Gasteiger partial charge >= 0.3 is 0 Å². The van der Waals surface area contributed by atoms with E-state index >= 15 is 0 Å². The van der Waals surface area contributed by atoms with Crippen LogP contribution in [-0.2, 0) is 20.8 Å². The van der Waals surface area contributed by atoms with Crippen LogP contribution in [0, 0.1) is 11.8 Å². The Morgan fingerprint density at radius 2 is 1.46 bits per heavy atom. The van der Waals surface area contributed by atoms with Gasteiger partial charge in [-0.15, -0.1) is 0 Å². The van der Waals surface area contributed by atoms with Crippen LogP contribution in [0.25, 0.3) is 0 Å². The summed E-state index contributed by atoms with van der Waals surface area (Å²) in [7, 11) is 0. The van der Waals surface area contributed by atoms with Crippen LogP contribution in [0.15, 0.2) is 54.6 Å². The number of amides is 3. The lowest BCUT2D eigenvalue weighted by atomic mass is 10.1. The Labute approximate surface area is 164 Å². The number of nitrogens with one attached hydrogen (secondary N) is 3. The lowest BCUT2D eigenvalue weighted by Crippen LogP contribution is -2.28. The molecule has 2 atom stereocenters. The van der Waals surface area contributed by atoms with Gasteiger partial charge in [0.25, 0.3) is 0 Å². The van der Waals surface area contributed by atoms with Gasteiger partial charge in [0.1, 0.15) is 0 Å². The lowest BCUT2D eigenvalue weighted by Gasteiger charge is -2.07. The van der Waals surface area contributed by atoms with E-state index in [0.717, 1.165) is 12.8 Å². The first-order chi connectivity index (χ1) is 13.5. The van der Waals surface area contributed by atoms with E-state index in [4.69, 9.17) is 0 Å². The number of rotatable bonds is 8. The van der Waals surface area contributed by atoms with Gasteiger partial charge in [0.2, 0.25) is 17.7 Å². The molecule has 0 spiro atoms. The van der Waals surface area contributed by atoms with Crippen molar-refractivity contribution in [3.05, 3.63) is 60.2 Å². The molecule has 6 heteroatoms. The maximum atomic E-state index is 12.3. The topological polar surface area (TPSA) is 87.3 Å². The van der Waals surface area contributed by atoms with Crippen molar-refractivity contribution in [2.45, 2.75) is 26.2 Å². The zero-order valence-corrected chi connectivity index (χ0v) is 15.9. The predicted octanol–water partition coefficient (Wildman–Crippen LogP) is 2.97. The maximum Gasteiger partial charge on any atom is 0.228 e. The van der Waals surface area contributed by atoms with Gasteiger partial charge < -0.3 is 16.0 Å². The molecule has 6 nitrogen and oxygen atoms in total. The number of aryl methyl sites for hydroxylation is 1. The molecule has 1 aliphatic rings. The predicted molar refractivity (Wildman–Crippen MR) is 109 cm³/mol. The average molecular weight is 379 g/mol. The molecule has 2 aromatic carbocycles. The van der Waals surface area contributed by atoms with E-state index in [9.17, 15) is 14.4 Å². The van der Waals surface area contributed by atoms with Gasteiger partial charge in [-0.1, -0.05) is 30.3 Å². The minimum absolute atomic E-state index is 0.0470. The number of anilines is 2. The van der Waals surface area contributed by atoms with Crippen molar-refractivity contribution in [1.82, 2.24) is 5.32 Å². The standard InChI is InChI=1S/C22H25N3O3/c1-15(26)24-17-9-11-18(12-10-17)25-22(28)20-14-19(20)21(27)23-13-5-8-16-6-3-2-4-7-16/h2-4,6-7,9-12,19-20H,5,8,13-14H2,1H3,(H,23,27)(H,24,26)(H,25,28). The molecule has 3 rings (SSSR count). The third-order valence-electron chi connectivity index (χ3n) is 4.72. The molecule has 0 bridgehead atoms. The Morgan fingerprint density at radius 3 is 2.11 bits per heavy atom. The second kappa shape index (κ2) is 9.17. The maximum absolute atomic E-state index is 12.3. The van der Waals surface area contributed by atoms with Crippen LogP contribution in [0.2, 0.25) is 0 Å². The Balaban J connectivity index is 1.37. The molecule has 2 aromatic rings. The van der Waals surface area contributed by atoms with Gasteiger partial charge in [0.05, 0.1) is 11.8 Å². The molecular weight excluding hydrogens is 354 g/mol. The average Bonchev–Trinajstić information content (AvgIpc) is 3.48. The van der Waals surface area contributed by atoms with Gasteiger partial charge in [0, 0.05) is 24.8 Å². The number of hydrogen-bond acceptors (Lipinski definition) is 3. The summed E-state index contributed by atoms with van der Waals surface area (Å²) in [6.45, 7) is 2.05. The molecule has 0 aromatic heterocycles. The zero-order valence-electron chi connectivity index (χ0n) is 15.9. The van der Waals surface area contributed by atoms with E-state index in [0.29, 0.717) is 24.3 Å². The van der Waals surface area contributed by atoms with Crippen LogP contribution in [0.5, 0.6) is 0 Å². The monoisotopic (exact) mass is 379 g/mol. The molecule has 1 fully saturated rings. The highest BCUT2D eigenvalue weighted by atomic mass is 16.2. The van der Waals surface area contributed by atoms with Crippen molar-refractivity contribution in [1.29, 1.82) is 0 Å². The summed E-state index contributed by atoms with van der Waals surface area (Å²) >= 11 is 0. The van der Waals surface area contributed by atoms with Crippen molar-refractivity contribution in [2.24, 2.45) is 11.8 Å². The highest BCUT2D eigenvalue weighted by molar-refractivity contribution is 5.99. The van der Waals surface area contributed by atoms with Crippen molar-refractivity contribution in [3.63, 3.8) is 0 Å². The highest BCUT2D eigenvalue weighted by Gasteiger charge is 2.47. The molecule has 0 saturated heterocycles. The summed E-state index contributed by atoms with van der Waals surface area (Å²) in [4.78, 5) is 35.5. The first-order valence-corrected chi connectivity index (χ1v) is 9.53. The summed E-state index contributed by atoms with van der Waals surface area (Å²) in [5, 5.41) is 8.43. The minimum Gasteiger partial charge on any atom is -0.356 e. The third-order valence-corrected chi connectivity index (χ3v) is 4.72. The molecular formula is C22H25N3O3. The molecule has 28 heavy (non-hydrogen) atoms. The van der Waals surface area contributed by atoms with Crippen LogP contribution >= 0.6 is 0 Å². The SMILES string of the molecule is CC(=O)Nc1ccc(NC(=O)C2CC2C(=O)NCCCc2ccccc2)cc1. The van der Waals surface area contributed by atoms with Gasteiger partial charge in [0.15, 0.2) is 0 Å². The molecule has 2 unspecified atom stereocenters. The van der Waals surface area contributed by atoms with E-state index < -0.39 is 0 Å². The lowest BCUT2D eigenvalue weighted by molar-refractivity contribution is -0.125. The van der Waals surface area contributed by atoms with Gasteiger partial charge in [-0.2, -0.15) is 0 Å². The molecule has 1 saturated carbocycles. The summed E-state index contributed by atoms with van der Waals surface area (Å²) in [6, 6.07) is 17.1. The summed E-state index contributed by atoms with van der Waals surface area (Å²) in [6.07, 6.45) is 2.38. The Hall–Kier alpha value is -3.15. The van der Waals surface area contributed by atoms with Crippen LogP contribution in [0.3, 0.4) is 0 Å². The van der Waals surface area contributed by atoms with Gasteiger partial charge in [-0.3, -0.25) is 14.4 Å². The fourth-order valence-corrected chi connectivity index (χ4v) is 3.13. The van der Waals surface area contributed by atoms with E-state index in [1.807, 2.05) is 18.2 Å². The number of carbonyl (C=O) groups is 3. The van der Waals surface area contributed by atoms with Crippen LogP contribution in [0.1, 0.15) is 25.3 Å². The fraction of sp³-hybridized carbons (Fsp3) is 0.318. The fourth-order valence-electron chi connectivity index (χ4n) is 3.13. The van der Waals surface area contributed by atoms with Crippen LogP contribution in [0.4, 0.5) is 11.4 Å². The van der Waals surface area contributed by atoms with E-state index in [1.54, 1.807) is 24.3 Å². The number of carbonyl (C=O) groups excluding carboxylic acids is 3. The Morgan fingerprint density at radius 1 is 0.857 bits per heavy atom. The smallest absolute Gasteiger partial charge is 0.228 e. The van der Waals surface area contributed by atoms with Crippen LogP contribution in [-0.4, -0.2) is 24.3 Å². The Bertz CT molecular complexity index is 834.